The van der Waals surface area contributed by atoms with Crippen LogP contribution in [0.15, 0.2) is 0 Å². The highest BCUT2D eigenvalue weighted by atomic mass is 16.4. The number of carboxylic acid groups (broad SMARTS) is 1. The molecule has 0 fully saturated rings. The largest absolute Gasteiger partial charge is 0.481 e. The number of aliphatic carboxylic acids is 1. The van der Waals surface area contributed by atoms with Crippen LogP contribution in [0.3, 0.4) is 0 Å². The van der Waals surface area contributed by atoms with Crippen molar-refractivity contribution in [1.29, 1.82) is 0 Å². The summed E-state index contributed by atoms with van der Waals surface area (Å²) in [6.45, 7) is 4.55. The predicted octanol–water partition coefficient (Wildman–Crippen LogP) is 1.12. The lowest BCUT2D eigenvalue weighted by Gasteiger charge is -2.23. The Morgan fingerprint density at radius 1 is 1.56 bits per heavy atom. The minimum Gasteiger partial charge on any atom is -0.481 e. The monoisotopic (exact) mass is 223 g/mol. The number of aryl methyl sites for hydroxylation is 2. The van der Waals surface area contributed by atoms with Crippen LogP contribution >= 0.6 is 0 Å². The Kier molecular flexibility index (Phi) is 2.94. The van der Waals surface area contributed by atoms with E-state index in [4.69, 9.17) is 5.11 Å². The van der Waals surface area contributed by atoms with Crippen molar-refractivity contribution in [2.45, 2.75) is 39.7 Å². The molecule has 2 atom stereocenters. The molecule has 1 aliphatic carbocycles. The maximum Gasteiger partial charge on any atom is 0.306 e. The highest BCUT2D eigenvalue weighted by molar-refractivity contribution is 5.69. The van der Waals surface area contributed by atoms with Crippen LogP contribution in [-0.2, 0) is 24.2 Å². The minimum absolute atomic E-state index is 0.201. The summed E-state index contributed by atoms with van der Waals surface area (Å²) in [6.07, 6.45) is 2.52. The first-order chi connectivity index (χ1) is 7.61. The van der Waals surface area contributed by atoms with Crippen LogP contribution in [0.5, 0.6) is 0 Å². The topological polar surface area (TPSA) is 68.0 Å². The van der Waals surface area contributed by atoms with E-state index in [1.165, 1.54) is 0 Å². The lowest BCUT2D eigenvalue weighted by Crippen LogP contribution is -2.26. The van der Waals surface area contributed by atoms with Gasteiger partial charge >= 0.3 is 5.97 Å². The molecule has 0 saturated heterocycles. The van der Waals surface area contributed by atoms with Crippen molar-refractivity contribution < 1.29 is 9.90 Å². The van der Waals surface area contributed by atoms with Gasteiger partial charge in [-0.05, 0) is 32.1 Å². The first-order valence-electron chi connectivity index (χ1n) is 5.77. The second-order valence-corrected chi connectivity index (χ2v) is 4.41. The van der Waals surface area contributed by atoms with Crippen LogP contribution in [0.1, 0.15) is 31.7 Å². The van der Waals surface area contributed by atoms with E-state index in [2.05, 4.69) is 10.2 Å². The molecular formula is C11H17N3O2. The number of carbonyl (C=O) groups is 1. The third-order valence-corrected chi connectivity index (χ3v) is 3.39. The quantitative estimate of drug-likeness (QED) is 0.833. The summed E-state index contributed by atoms with van der Waals surface area (Å²) in [7, 11) is 0. The lowest BCUT2D eigenvalue weighted by atomic mass is 9.81. The molecule has 0 bridgehead atoms. The lowest BCUT2D eigenvalue weighted by molar-refractivity contribution is -0.143. The van der Waals surface area contributed by atoms with Crippen LogP contribution in [-0.4, -0.2) is 26.1 Å². The van der Waals surface area contributed by atoms with E-state index < -0.39 is 5.97 Å². The molecule has 0 aromatic carbocycles. The van der Waals surface area contributed by atoms with Gasteiger partial charge in [0.05, 0.1) is 23.9 Å². The van der Waals surface area contributed by atoms with E-state index in [-0.39, 0.29) is 11.8 Å². The van der Waals surface area contributed by atoms with Gasteiger partial charge in [0.25, 0.3) is 0 Å². The summed E-state index contributed by atoms with van der Waals surface area (Å²) in [4.78, 5) is 12.6. The maximum absolute atomic E-state index is 10.9. The van der Waals surface area contributed by atoms with Crippen molar-refractivity contribution in [1.82, 2.24) is 15.0 Å². The van der Waals surface area contributed by atoms with Crippen LogP contribution in [0, 0.1) is 11.8 Å². The Bertz CT molecular complexity index is 400. The zero-order chi connectivity index (χ0) is 11.7. The van der Waals surface area contributed by atoms with Gasteiger partial charge in [0.2, 0.25) is 0 Å². The predicted molar refractivity (Wildman–Crippen MR) is 58.0 cm³/mol. The number of carboxylic acids is 1. The van der Waals surface area contributed by atoms with Crippen LogP contribution in [0.4, 0.5) is 0 Å². The summed E-state index contributed by atoms with van der Waals surface area (Å²) in [5.74, 6) is -0.803. The van der Waals surface area contributed by atoms with E-state index in [0.29, 0.717) is 0 Å². The molecule has 0 spiro atoms. The average molecular weight is 223 g/mol. The smallest absolute Gasteiger partial charge is 0.306 e. The molecule has 0 saturated carbocycles. The summed E-state index contributed by atoms with van der Waals surface area (Å²) < 4.78 is 0. The molecule has 0 radical (unpaired) electrons. The van der Waals surface area contributed by atoms with Crippen molar-refractivity contribution in [3.8, 4) is 0 Å². The standard InChI is InChI=1S/C11H17N3O2/c1-3-14-12-9-5-4-8(6-10(9)13-14)7(2)11(15)16/h7-8H,3-6H2,1-2H3,(H,15,16). The molecule has 1 aromatic rings. The second-order valence-electron chi connectivity index (χ2n) is 4.41. The van der Waals surface area contributed by atoms with Crippen LogP contribution in [0.2, 0.25) is 0 Å². The highest BCUT2D eigenvalue weighted by Gasteiger charge is 2.30. The molecule has 0 aliphatic heterocycles. The van der Waals surface area contributed by atoms with E-state index in [1.807, 2.05) is 6.92 Å². The number of hydrogen-bond acceptors (Lipinski definition) is 3. The van der Waals surface area contributed by atoms with Crippen molar-refractivity contribution in [2.24, 2.45) is 11.8 Å². The van der Waals surface area contributed by atoms with Crippen molar-refractivity contribution in [3.05, 3.63) is 11.4 Å². The number of hydrogen-bond donors (Lipinski definition) is 1. The fourth-order valence-electron chi connectivity index (χ4n) is 2.21. The van der Waals surface area contributed by atoms with Gasteiger partial charge in [-0.2, -0.15) is 15.0 Å². The Hall–Kier alpha value is -1.39. The number of fused-ring (bicyclic) bond motifs is 1. The van der Waals surface area contributed by atoms with E-state index in [0.717, 1.165) is 37.2 Å². The van der Waals surface area contributed by atoms with Crippen LogP contribution < -0.4 is 0 Å². The molecule has 1 aromatic heterocycles. The summed E-state index contributed by atoms with van der Waals surface area (Å²) >= 11 is 0. The van der Waals surface area contributed by atoms with E-state index >= 15 is 0 Å². The summed E-state index contributed by atoms with van der Waals surface area (Å²) in [5.41, 5.74) is 2.04. The van der Waals surface area contributed by atoms with E-state index in [9.17, 15) is 4.79 Å². The minimum atomic E-state index is -0.712. The Morgan fingerprint density at radius 3 is 2.88 bits per heavy atom. The summed E-state index contributed by atoms with van der Waals surface area (Å²) in [5, 5.41) is 17.7. The van der Waals surface area contributed by atoms with Crippen molar-refractivity contribution in [2.75, 3.05) is 0 Å². The van der Waals surface area contributed by atoms with Crippen molar-refractivity contribution in [3.63, 3.8) is 0 Å². The molecule has 1 aliphatic rings. The van der Waals surface area contributed by atoms with Gasteiger partial charge in [0.15, 0.2) is 0 Å². The molecular weight excluding hydrogens is 206 g/mol. The van der Waals surface area contributed by atoms with Crippen LogP contribution in [0.25, 0.3) is 0 Å². The van der Waals surface area contributed by atoms with Gasteiger partial charge in [0, 0.05) is 0 Å². The molecule has 88 valence electrons. The number of nitrogens with zero attached hydrogens (tertiary/aromatic N) is 3. The van der Waals surface area contributed by atoms with Gasteiger partial charge in [-0.3, -0.25) is 4.79 Å². The Morgan fingerprint density at radius 2 is 2.25 bits per heavy atom. The SMILES string of the molecule is CCn1nc2c(n1)CC(C(C)C(=O)O)CC2. The third kappa shape index (κ3) is 1.94. The molecule has 5 nitrogen and oxygen atoms in total. The Balaban J connectivity index is 2.14. The fraction of sp³-hybridized carbons (Fsp3) is 0.727. The van der Waals surface area contributed by atoms with Gasteiger partial charge in [-0.1, -0.05) is 6.92 Å². The average Bonchev–Trinajstić information content (AvgIpc) is 2.69. The third-order valence-electron chi connectivity index (χ3n) is 3.39. The highest BCUT2D eigenvalue weighted by Crippen LogP contribution is 2.28. The summed E-state index contributed by atoms with van der Waals surface area (Å²) in [6, 6.07) is 0. The molecule has 1 heterocycles. The maximum atomic E-state index is 10.9. The number of aromatic nitrogens is 3. The van der Waals surface area contributed by atoms with Gasteiger partial charge < -0.3 is 5.11 Å². The molecule has 16 heavy (non-hydrogen) atoms. The normalized spacial score (nSPS) is 21.5. The zero-order valence-electron chi connectivity index (χ0n) is 9.68. The van der Waals surface area contributed by atoms with Gasteiger partial charge in [-0.15, -0.1) is 0 Å². The van der Waals surface area contributed by atoms with E-state index in [1.54, 1.807) is 11.7 Å². The number of rotatable bonds is 3. The fourth-order valence-corrected chi connectivity index (χ4v) is 2.21. The Labute approximate surface area is 94.5 Å². The zero-order valence-corrected chi connectivity index (χ0v) is 9.68. The van der Waals surface area contributed by atoms with Gasteiger partial charge in [0.1, 0.15) is 0 Å². The first-order valence-corrected chi connectivity index (χ1v) is 5.77. The second kappa shape index (κ2) is 4.23. The molecule has 0 amide bonds. The molecule has 2 unspecified atom stereocenters. The molecule has 1 N–H and O–H groups in total. The van der Waals surface area contributed by atoms with Crippen molar-refractivity contribution >= 4 is 5.97 Å². The molecule has 5 heteroatoms. The first kappa shape index (κ1) is 11.1. The van der Waals surface area contributed by atoms with Gasteiger partial charge in [-0.25, -0.2) is 0 Å². The molecule has 2 rings (SSSR count).